The van der Waals surface area contributed by atoms with Crippen LogP contribution in [-0.2, 0) is 0 Å². The van der Waals surface area contributed by atoms with Crippen molar-refractivity contribution in [3.63, 3.8) is 0 Å². The van der Waals surface area contributed by atoms with E-state index >= 15 is 0 Å². The number of ether oxygens (including phenoxy) is 1. The molecule has 0 aliphatic carbocycles. The number of rotatable bonds is 7. The number of aryl methyl sites for hydroxylation is 1. The zero-order valence-electron chi connectivity index (χ0n) is 17.2. The van der Waals surface area contributed by atoms with Gasteiger partial charge in [-0.1, -0.05) is 6.58 Å². The summed E-state index contributed by atoms with van der Waals surface area (Å²) in [5.74, 6) is -0.0174. The number of alkyl halides is 1. The summed E-state index contributed by atoms with van der Waals surface area (Å²) in [6.45, 7) is 9.00. The third-order valence-electron chi connectivity index (χ3n) is 4.52. The predicted molar refractivity (Wildman–Crippen MR) is 116 cm³/mol. The lowest BCUT2D eigenvalue weighted by molar-refractivity contribution is 0.370. The van der Waals surface area contributed by atoms with Crippen molar-refractivity contribution in [3.8, 4) is 11.6 Å². The molecule has 0 fully saturated rings. The number of aromatic nitrogens is 3. The van der Waals surface area contributed by atoms with Gasteiger partial charge in [-0.3, -0.25) is 0 Å². The first-order valence-corrected chi connectivity index (χ1v) is 10.4. The van der Waals surface area contributed by atoms with Crippen molar-refractivity contribution in [1.82, 2.24) is 15.0 Å². The van der Waals surface area contributed by atoms with E-state index < -0.39 is 12.1 Å². The van der Waals surface area contributed by atoms with Gasteiger partial charge in [0.2, 0.25) is 11.8 Å². The van der Waals surface area contributed by atoms with Gasteiger partial charge in [0.15, 0.2) is 5.75 Å². The Balaban J connectivity index is 2.03. The molecule has 1 N–H and O–H groups in total. The number of hydrogen-bond donors (Lipinski definition) is 1. The number of anilines is 1. The van der Waals surface area contributed by atoms with Gasteiger partial charge >= 0.3 is 0 Å². The molecule has 30 heavy (non-hydrogen) atoms. The van der Waals surface area contributed by atoms with Crippen molar-refractivity contribution >= 4 is 23.1 Å². The standard InChI is InChI=1S/C22H22F2N4OS/c1-12-17(13(2)23)11-26-22(29-18-6-7-19(24)28-14(18)3)21(12)15(4)27-16-8-9-25-20(10-16)30-5/h6-11,13H,4H2,1-3,5H3,(H,25,27). The molecular weight excluding hydrogens is 406 g/mol. The second kappa shape index (κ2) is 9.21. The van der Waals surface area contributed by atoms with Gasteiger partial charge < -0.3 is 10.1 Å². The Hall–Kier alpha value is -3.00. The van der Waals surface area contributed by atoms with Gasteiger partial charge in [0.05, 0.1) is 16.3 Å². The van der Waals surface area contributed by atoms with Crippen molar-refractivity contribution in [2.45, 2.75) is 32.0 Å². The van der Waals surface area contributed by atoms with E-state index in [2.05, 4.69) is 26.8 Å². The minimum absolute atomic E-state index is 0.227. The first-order valence-electron chi connectivity index (χ1n) is 9.21. The molecule has 3 rings (SSSR count). The highest BCUT2D eigenvalue weighted by Gasteiger charge is 2.20. The average molecular weight is 429 g/mol. The van der Waals surface area contributed by atoms with Crippen LogP contribution in [0.3, 0.4) is 0 Å². The zero-order chi connectivity index (χ0) is 21.8. The lowest BCUT2D eigenvalue weighted by Crippen LogP contribution is -2.07. The summed E-state index contributed by atoms with van der Waals surface area (Å²) in [7, 11) is 0. The third kappa shape index (κ3) is 4.76. The molecule has 0 radical (unpaired) electrons. The number of nitrogens with one attached hydrogen (secondary N) is 1. The van der Waals surface area contributed by atoms with Crippen LogP contribution in [0.25, 0.3) is 5.70 Å². The molecule has 3 aromatic rings. The molecule has 1 atom stereocenters. The molecule has 0 aliphatic heterocycles. The normalized spacial score (nSPS) is 11.8. The fourth-order valence-electron chi connectivity index (χ4n) is 2.99. The maximum atomic E-state index is 14.1. The first kappa shape index (κ1) is 21.7. The van der Waals surface area contributed by atoms with Gasteiger partial charge in [-0.25, -0.2) is 19.3 Å². The van der Waals surface area contributed by atoms with Gasteiger partial charge in [0, 0.05) is 29.3 Å². The lowest BCUT2D eigenvalue weighted by Gasteiger charge is -2.19. The highest BCUT2D eigenvalue weighted by molar-refractivity contribution is 7.98. The van der Waals surface area contributed by atoms with Crippen molar-refractivity contribution in [3.05, 3.63) is 71.6 Å². The van der Waals surface area contributed by atoms with Crippen LogP contribution in [-0.4, -0.2) is 21.2 Å². The third-order valence-corrected chi connectivity index (χ3v) is 5.16. The summed E-state index contributed by atoms with van der Waals surface area (Å²) in [6, 6.07) is 6.38. The van der Waals surface area contributed by atoms with Gasteiger partial charge in [-0.05, 0) is 56.9 Å². The largest absolute Gasteiger partial charge is 0.436 e. The molecule has 0 saturated heterocycles. The summed E-state index contributed by atoms with van der Waals surface area (Å²) in [5.41, 5.74) is 3.27. The van der Waals surface area contributed by atoms with E-state index in [9.17, 15) is 8.78 Å². The molecular formula is C22H22F2N4OS. The SMILES string of the molecule is C=C(Nc1ccnc(SC)c1)c1c(Oc2ccc(F)nc2C)ncc(C(C)F)c1C. The number of hydrogen-bond acceptors (Lipinski definition) is 6. The molecule has 0 amide bonds. The monoisotopic (exact) mass is 428 g/mol. The minimum atomic E-state index is -1.21. The van der Waals surface area contributed by atoms with Crippen LogP contribution in [0, 0.1) is 19.8 Å². The Morgan fingerprint density at radius 3 is 2.67 bits per heavy atom. The van der Waals surface area contributed by atoms with Crippen LogP contribution in [0.15, 0.2) is 48.3 Å². The molecule has 0 bridgehead atoms. The van der Waals surface area contributed by atoms with E-state index in [4.69, 9.17) is 4.74 Å². The van der Waals surface area contributed by atoms with E-state index in [0.717, 1.165) is 10.7 Å². The highest BCUT2D eigenvalue weighted by atomic mass is 32.2. The quantitative estimate of drug-likeness (QED) is 0.354. The van der Waals surface area contributed by atoms with E-state index in [1.807, 2.05) is 18.4 Å². The summed E-state index contributed by atoms with van der Waals surface area (Å²) in [6.07, 6.45) is 3.86. The Morgan fingerprint density at radius 1 is 1.23 bits per heavy atom. The van der Waals surface area contributed by atoms with Gasteiger partial charge in [0.1, 0.15) is 6.17 Å². The maximum Gasteiger partial charge on any atom is 0.228 e. The smallest absolute Gasteiger partial charge is 0.228 e. The number of pyridine rings is 3. The molecule has 156 valence electrons. The lowest BCUT2D eigenvalue weighted by atomic mass is 10.0. The summed E-state index contributed by atoms with van der Waals surface area (Å²) >= 11 is 1.52. The topological polar surface area (TPSA) is 59.9 Å². The van der Waals surface area contributed by atoms with Gasteiger partial charge in [-0.2, -0.15) is 4.39 Å². The Kier molecular flexibility index (Phi) is 6.66. The number of halogens is 2. The number of nitrogens with zero attached hydrogens (tertiary/aromatic N) is 3. The molecule has 3 heterocycles. The maximum absolute atomic E-state index is 14.1. The fraction of sp³-hybridized carbons (Fsp3) is 0.227. The second-order valence-corrected chi connectivity index (χ2v) is 7.47. The summed E-state index contributed by atoms with van der Waals surface area (Å²) in [4.78, 5) is 12.3. The summed E-state index contributed by atoms with van der Waals surface area (Å²) in [5, 5.41) is 4.07. The van der Waals surface area contributed by atoms with Crippen LogP contribution < -0.4 is 10.1 Å². The second-order valence-electron chi connectivity index (χ2n) is 6.64. The Bertz CT molecular complexity index is 1090. The zero-order valence-corrected chi connectivity index (χ0v) is 18.0. The van der Waals surface area contributed by atoms with E-state index in [0.29, 0.717) is 33.8 Å². The molecule has 0 spiro atoms. The van der Waals surface area contributed by atoms with Crippen LogP contribution in [0.4, 0.5) is 14.5 Å². The first-order chi connectivity index (χ1) is 14.3. The molecule has 8 heteroatoms. The molecule has 5 nitrogen and oxygen atoms in total. The summed E-state index contributed by atoms with van der Waals surface area (Å²) < 4.78 is 33.4. The van der Waals surface area contributed by atoms with Crippen LogP contribution in [0.5, 0.6) is 11.6 Å². The fourth-order valence-corrected chi connectivity index (χ4v) is 3.40. The van der Waals surface area contributed by atoms with E-state index in [1.165, 1.54) is 37.0 Å². The van der Waals surface area contributed by atoms with Crippen molar-refractivity contribution in [2.24, 2.45) is 0 Å². The van der Waals surface area contributed by atoms with Gasteiger partial charge in [0.25, 0.3) is 0 Å². The predicted octanol–water partition coefficient (Wildman–Crippen LogP) is 6.26. The number of thioether (sulfide) groups is 1. The Morgan fingerprint density at radius 2 is 2.00 bits per heavy atom. The average Bonchev–Trinajstić information content (AvgIpc) is 2.70. The molecule has 0 saturated carbocycles. The molecule has 0 aliphatic rings. The van der Waals surface area contributed by atoms with Crippen molar-refractivity contribution in [1.29, 1.82) is 0 Å². The van der Waals surface area contributed by atoms with Crippen LogP contribution in [0.2, 0.25) is 0 Å². The molecule has 0 aromatic carbocycles. The molecule has 3 aromatic heterocycles. The van der Waals surface area contributed by atoms with Crippen LogP contribution >= 0.6 is 11.8 Å². The van der Waals surface area contributed by atoms with Gasteiger partial charge in [-0.15, -0.1) is 11.8 Å². The van der Waals surface area contributed by atoms with E-state index in [1.54, 1.807) is 20.0 Å². The van der Waals surface area contributed by atoms with Crippen molar-refractivity contribution < 1.29 is 13.5 Å². The Labute approximate surface area is 178 Å². The van der Waals surface area contributed by atoms with Crippen molar-refractivity contribution in [2.75, 3.05) is 11.6 Å². The molecule has 1 unspecified atom stereocenters. The highest BCUT2D eigenvalue weighted by Crippen LogP contribution is 2.35. The minimum Gasteiger partial charge on any atom is -0.436 e. The van der Waals surface area contributed by atoms with Crippen LogP contribution in [0.1, 0.15) is 35.5 Å². The van der Waals surface area contributed by atoms with E-state index in [-0.39, 0.29) is 5.88 Å².